The average molecular weight is 196 g/mol. The molecule has 1 amide bonds. The summed E-state index contributed by atoms with van der Waals surface area (Å²) in [6.45, 7) is 7.56. The van der Waals surface area contributed by atoms with Crippen molar-refractivity contribution in [2.45, 2.75) is 33.2 Å². The Morgan fingerprint density at radius 1 is 1.50 bits per heavy atom. The van der Waals surface area contributed by atoms with E-state index < -0.39 is 0 Å². The van der Waals surface area contributed by atoms with Crippen molar-refractivity contribution in [2.75, 3.05) is 13.1 Å². The van der Waals surface area contributed by atoms with Crippen molar-refractivity contribution in [1.29, 1.82) is 0 Å². The zero-order valence-electron chi connectivity index (χ0n) is 9.29. The number of amides is 1. The van der Waals surface area contributed by atoms with Crippen LogP contribution in [0.2, 0.25) is 0 Å². The molecule has 1 rings (SSSR count). The lowest BCUT2D eigenvalue weighted by Gasteiger charge is -2.34. The van der Waals surface area contributed by atoms with E-state index in [2.05, 4.69) is 6.92 Å². The Kier molecular flexibility index (Phi) is 3.69. The molecule has 1 heterocycles. The molecule has 2 atom stereocenters. The third-order valence-electron chi connectivity index (χ3n) is 2.74. The van der Waals surface area contributed by atoms with Crippen molar-refractivity contribution in [3.8, 4) is 0 Å². The molecule has 0 aromatic carbocycles. The van der Waals surface area contributed by atoms with Gasteiger partial charge in [-0.25, -0.2) is 0 Å². The van der Waals surface area contributed by atoms with E-state index in [1.807, 2.05) is 18.7 Å². The van der Waals surface area contributed by atoms with Gasteiger partial charge in [0.2, 0.25) is 5.91 Å². The van der Waals surface area contributed by atoms with Gasteiger partial charge < -0.3 is 10.6 Å². The quantitative estimate of drug-likeness (QED) is 0.639. The molecule has 3 nitrogen and oxygen atoms in total. The van der Waals surface area contributed by atoms with E-state index in [1.165, 1.54) is 0 Å². The smallest absolute Gasteiger partial charge is 0.246 e. The van der Waals surface area contributed by atoms with Crippen LogP contribution in [0, 0.1) is 5.92 Å². The first-order chi connectivity index (χ1) is 6.50. The third kappa shape index (κ3) is 2.84. The monoisotopic (exact) mass is 196 g/mol. The summed E-state index contributed by atoms with van der Waals surface area (Å²) in [5.41, 5.74) is 6.97. The largest absolute Gasteiger partial charge is 0.338 e. The van der Waals surface area contributed by atoms with Crippen LogP contribution in [0.1, 0.15) is 27.2 Å². The fourth-order valence-electron chi connectivity index (χ4n) is 1.64. The molecule has 2 N–H and O–H groups in total. The molecular weight excluding hydrogens is 176 g/mol. The molecule has 2 unspecified atom stereocenters. The normalized spacial score (nSPS) is 27.3. The Morgan fingerprint density at radius 3 is 2.64 bits per heavy atom. The third-order valence-corrected chi connectivity index (χ3v) is 2.74. The van der Waals surface area contributed by atoms with Gasteiger partial charge in [0.05, 0.1) is 0 Å². The maximum atomic E-state index is 11.7. The van der Waals surface area contributed by atoms with Crippen LogP contribution in [-0.4, -0.2) is 29.9 Å². The minimum atomic E-state index is 0.104. The minimum Gasteiger partial charge on any atom is -0.338 e. The van der Waals surface area contributed by atoms with Crippen LogP contribution in [0.4, 0.5) is 0 Å². The fourth-order valence-corrected chi connectivity index (χ4v) is 1.64. The molecule has 80 valence electrons. The van der Waals surface area contributed by atoms with E-state index in [9.17, 15) is 4.79 Å². The summed E-state index contributed by atoms with van der Waals surface area (Å²) in [5, 5.41) is 0. The van der Waals surface area contributed by atoms with Crippen LogP contribution < -0.4 is 5.73 Å². The van der Waals surface area contributed by atoms with E-state index >= 15 is 0 Å². The average Bonchev–Trinajstić information content (AvgIpc) is 2.08. The highest BCUT2D eigenvalue weighted by Crippen LogP contribution is 2.15. The van der Waals surface area contributed by atoms with Crippen molar-refractivity contribution in [1.82, 2.24) is 4.90 Å². The first-order valence-electron chi connectivity index (χ1n) is 5.20. The van der Waals surface area contributed by atoms with Gasteiger partial charge in [-0.2, -0.15) is 0 Å². The van der Waals surface area contributed by atoms with Crippen LogP contribution in [0.25, 0.3) is 0 Å². The molecule has 0 aromatic heterocycles. The maximum absolute atomic E-state index is 11.7. The van der Waals surface area contributed by atoms with Crippen LogP contribution >= 0.6 is 0 Å². The highest BCUT2D eigenvalue weighted by Gasteiger charge is 2.24. The van der Waals surface area contributed by atoms with E-state index in [1.54, 1.807) is 6.08 Å². The molecule has 0 saturated carbocycles. The van der Waals surface area contributed by atoms with Crippen molar-refractivity contribution >= 4 is 5.91 Å². The highest BCUT2D eigenvalue weighted by molar-refractivity contribution is 5.88. The van der Waals surface area contributed by atoms with Gasteiger partial charge in [0.1, 0.15) is 0 Å². The molecule has 0 bridgehead atoms. The predicted molar refractivity (Wildman–Crippen MR) is 57.8 cm³/mol. The summed E-state index contributed by atoms with van der Waals surface area (Å²) in [6.07, 6.45) is 2.70. The van der Waals surface area contributed by atoms with Crippen molar-refractivity contribution in [3.63, 3.8) is 0 Å². The lowest BCUT2D eigenvalue weighted by Crippen LogP contribution is -2.49. The zero-order valence-corrected chi connectivity index (χ0v) is 9.29. The number of carbonyl (C=O) groups excluding carboxylic acids is 1. The van der Waals surface area contributed by atoms with Gasteiger partial charge in [-0.15, -0.1) is 0 Å². The fraction of sp³-hybridized carbons (Fsp3) is 0.727. The summed E-state index contributed by atoms with van der Waals surface area (Å²) in [5.74, 6) is 0.637. The van der Waals surface area contributed by atoms with E-state index in [4.69, 9.17) is 5.73 Å². The number of nitrogens with two attached hydrogens (primary N) is 1. The predicted octanol–water partition coefficient (Wildman–Crippen LogP) is 1.15. The van der Waals surface area contributed by atoms with Crippen molar-refractivity contribution in [2.24, 2.45) is 11.7 Å². The van der Waals surface area contributed by atoms with Crippen molar-refractivity contribution < 1.29 is 4.79 Å². The lowest BCUT2D eigenvalue weighted by molar-refractivity contribution is -0.127. The molecule has 0 aliphatic carbocycles. The van der Waals surface area contributed by atoms with Crippen LogP contribution in [0.5, 0.6) is 0 Å². The maximum Gasteiger partial charge on any atom is 0.246 e. The molecule has 1 aliphatic rings. The number of nitrogens with zero attached hydrogens (tertiary/aromatic N) is 1. The standard InChI is InChI=1S/C11H20N2O/c1-8(2)6-11(14)13-5-4-9(3)10(12)7-13/h6,9-10H,4-5,7,12H2,1-3H3. The topological polar surface area (TPSA) is 46.3 Å². The lowest BCUT2D eigenvalue weighted by atomic mass is 9.94. The first kappa shape index (κ1) is 11.2. The van der Waals surface area contributed by atoms with Crippen LogP contribution in [-0.2, 0) is 4.79 Å². The molecule has 0 radical (unpaired) electrons. The molecule has 1 fully saturated rings. The minimum absolute atomic E-state index is 0.104. The van der Waals surface area contributed by atoms with Crippen LogP contribution in [0.3, 0.4) is 0 Å². The molecule has 14 heavy (non-hydrogen) atoms. The van der Waals surface area contributed by atoms with Gasteiger partial charge in [-0.3, -0.25) is 4.79 Å². The summed E-state index contributed by atoms with van der Waals surface area (Å²) in [6, 6.07) is 0.137. The van der Waals surface area contributed by atoms with Crippen molar-refractivity contribution in [3.05, 3.63) is 11.6 Å². The summed E-state index contributed by atoms with van der Waals surface area (Å²) < 4.78 is 0. The number of hydrogen-bond donors (Lipinski definition) is 1. The Hall–Kier alpha value is -0.830. The summed E-state index contributed by atoms with van der Waals surface area (Å²) >= 11 is 0. The molecular formula is C11H20N2O. The number of piperidine rings is 1. The van der Waals surface area contributed by atoms with Crippen LogP contribution in [0.15, 0.2) is 11.6 Å². The van der Waals surface area contributed by atoms with Gasteiger partial charge in [-0.1, -0.05) is 12.5 Å². The molecule has 3 heteroatoms. The Balaban J connectivity index is 2.55. The van der Waals surface area contributed by atoms with Gasteiger partial charge >= 0.3 is 0 Å². The number of carbonyl (C=O) groups is 1. The number of likely N-dealkylation sites (tertiary alicyclic amines) is 1. The van der Waals surface area contributed by atoms with Gasteiger partial charge in [0.15, 0.2) is 0 Å². The Bertz CT molecular complexity index is 244. The zero-order chi connectivity index (χ0) is 10.7. The Labute approximate surface area is 86.0 Å². The SMILES string of the molecule is CC(C)=CC(=O)N1CCC(C)C(N)C1. The summed E-state index contributed by atoms with van der Waals surface area (Å²) in [7, 11) is 0. The molecule has 1 aliphatic heterocycles. The van der Waals surface area contributed by atoms with Gasteiger partial charge in [0.25, 0.3) is 0 Å². The van der Waals surface area contributed by atoms with E-state index in [0.29, 0.717) is 12.5 Å². The molecule has 0 spiro atoms. The van der Waals surface area contributed by atoms with E-state index in [-0.39, 0.29) is 11.9 Å². The second-order valence-corrected chi connectivity index (χ2v) is 4.44. The van der Waals surface area contributed by atoms with Gasteiger partial charge in [0, 0.05) is 25.2 Å². The number of rotatable bonds is 1. The number of hydrogen-bond acceptors (Lipinski definition) is 2. The Morgan fingerprint density at radius 2 is 2.14 bits per heavy atom. The number of allylic oxidation sites excluding steroid dienone is 1. The second kappa shape index (κ2) is 4.60. The second-order valence-electron chi connectivity index (χ2n) is 4.44. The highest BCUT2D eigenvalue weighted by atomic mass is 16.2. The van der Waals surface area contributed by atoms with E-state index in [0.717, 1.165) is 18.5 Å². The first-order valence-corrected chi connectivity index (χ1v) is 5.20. The molecule has 1 saturated heterocycles. The van der Waals surface area contributed by atoms with Gasteiger partial charge in [-0.05, 0) is 26.2 Å². The molecule has 0 aromatic rings. The summed E-state index contributed by atoms with van der Waals surface area (Å²) in [4.78, 5) is 13.5.